The van der Waals surface area contributed by atoms with E-state index in [2.05, 4.69) is 10.6 Å². The van der Waals surface area contributed by atoms with Crippen LogP contribution in [0.1, 0.15) is 23.7 Å². The van der Waals surface area contributed by atoms with Crippen molar-refractivity contribution in [2.75, 3.05) is 26.3 Å². The van der Waals surface area contributed by atoms with E-state index in [1.807, 2.05) is 6.07 Å². The van der Waals surface area contributed by atoms with Gasteiger partial charge in [0, 0.05) is 6.54 Å². The van der Waals surface area contributed by atoms with Gasteiger partial charge in [-0.1, -0.05) is 12.1 Å². The molecule has 0 saturated carbocycles. The van der Waals surface area contributed by atoms with Gasteiger partial charge in [-0.3, -0.25) is 14.4 Å². The number of hydrogen-bond acceptors (Lipinski definition) is 6. The Kier molecular flexibility index (Phi) is 8.39. The Morgan fingerprint density at radius 1 is 1.21 bits per heavy atom. The summed E-state index contributed by atoms with van der Waals surface area (Å²) >= 11 is 0. The van der Waals surface area contributed by atoms with Crippen molar-refractivity contribution >= 4 is 17.8 Å². The Morgan fingerprint density at radius 2 is 1.96 bits per heavy atom. The van der Waals surface area contributed by atoms with E-state index >= 15 is 0 Å². The summed E-state index contributed by atoms with van der Waals surface area (Å²) in [6.07, 6.45) is 0.176. The number of nitriles is 1. The molecule has 0 unspecified atom stereocenters. The molecular weight excluding hydrogens is 314 g/mol. The molecule has 0 saturated heterocycles. The first-order valence-electron chi connectivity index (χ1n) is 7.37. The molecule has 0 radical (unpaired) electrons. The van der Waals surface area contributed by atoms with E-state index in [0.717, 1.165) is 0 Å². The predicted molar refractivity (Wildman–Crippen MR) is 84.1 cm³/mol. The Labute approximate surface area is 139 Å². The molecule has 1 aromatic rings. The van der Waals surface area contributed by atoms with Gasteiger partial charge in [0.2, 0.25) is 0 Å². The minimum Gasteiger partial charge on any atom is -0.493 e. The highest BCUT2D eigenvalue weighted by Crippen LogP contribution is 2.17. The molecule has 0 bridgehead atoms. The highest BCUT2D eigenvalue weighted by atomic mass is 16.5. The topological polar surface area (TPSA) is 118 Å². The summed E-state index contributed by atoms with van der Waals surface area (Å²) < 4.78 is 10.1. The molecule has 2 N–H and O–H groups in total. The van der Waals surface area contributed by atoms with Gasteiger partial charge in [0.1, 0.15) is 12.3 Å². The van der Waals surface area contributed by atoms with Crippen LogP contribution in [0.3, 0.4) is 0 Å². The van der Waals surface area contributed by atoms with Crippen molar-refractivity contribution in [2.24, 2.45) is 0 Å². The number of para-hydroxylation sites is 1. The highest BCUT2D eigenvalue weighted by Gasteiger charge is 2.14. The maximum absolute atomic E-state index is 12.0. The molecular formula is C16H19N3O5. The largest absolute Gasteiger partial charge is 0.493 e. The number of nitrogens with zero attached hydrogens (tertiary/aromatic N) is 1. The molecule has 1 rings (SSSR count). The summed E-state index contributed by atoms with van der Waals surface area (Å²) in [4.78, 5) is 34.9. The van der Waals surface area contributed by atoms with Crippen LogP contribution in [-0.2, 0) is 14.3 Å². The third-order valence-electron chi connectivity index (χ3n) is 2.75. The van der Waals surface area contributed by atoms with Gasteiger partial charge in [-0.25, -0.2) is 0 Å². The van der Waals surface area contributed by atoms with Crippen LogP contribution in [0.4, 0.5) is 0 Å². The van der Waals surface area contributed by atoms with Crippen molar-refractivity contribution in [1.82, 2.24) is 10.6 Å². The lowest BCUT2D eigenvalue weighted by Crippen LogP contribution is -2.34. The minimum absolute atomic E-state index is 0.176. The first kappa shape index (κ1) is 19.0. The number of ether oxygens (including phenoxy) is 2. The SMILES string of the molecule is CCOc1ccccc1C(=O)NCC(=O)OCC(=O)NCCC#N. The van der Waals surface area contributed by atoms with Gasteiger partial charge in [0.25, 0.3) is 11.8 Å². The third-order valence-corrected chi connectivity index (χ3v) is 2.75. The highest BCUT2D eigenvalue weighted by molar-refractivity contribution is 5.98. The fraction of sp³-hybridized carbons (Fsp3) is 0.375. The van der Waals surface area contributed by atoms with E-state index in [4.69, 9.17) is 14.7 Å². The van der Waals surface area contributed by atoms with Gasteiger partial charge in [-0.15, -0.1) is 0 Å². The number of carbonyl (C=O) groups excluding carboxylic acids is 3. The number of benzene rings is 1. The standard InChI is InChI=1S/C16H19N3O5/c1-2-23-13-7-4-3-6-12(13)16(22)19-10-15(21)24-11-14(20)18-9-5-8-17/h3-4,6-7H,2,5,9-11H2,1H3,(H,18,20)(H,19,22). The lowest BCUT2D eigenvalue weighted by atomic mass is 10.2. The van der Waals surface area contributed by atoms with Crippen LogP contribution in [0.5, 0.6) is 5.75 Å². The molecule has 128 valence electrons. The summed E-state index contributed by atoms with van der Waals surface area (Å²) in [6, 6.07) is 8.52. The van der Waals surface area contributed by atoms with Crippen LogP contribution < -0.4 is 15.4 Å². The van der Waals surface area contributed by atoms with Crippen LogP contribution in [0.15, 0.2) is 24.3 Å². The molecule has 0 spiro atoms. The van der Waals surface area contributed by atoms with Crippen molar-refractivity contribution < 1.29 is 23.9 Å². The molecule has 2 amide bonds. The maximum atomic E-state index is 12.0. The van der Waals surface area contributed by atoms with Crippen molar-refractivity contribution in [3.63, 3.8) is 0 Å². The number of esters is 1. The maximum Gasteiger partial charge on any atom is 0.325 e. The number of carbonyl (C=O) groups is 3. The zero-order valence-electron chi connectivity index (χ0n) is 13.3. The van der Waals surface area contributed by atoms with Gasteiger partial charge in [-0.2, -0.15) is 5.26 Å². The van der Waals surface area contributed by atoms with Crippen molar-refractivity contribution in [2.45, 2.75) is 13.3 Å². The molecule has 0 aliphatic carbocycles. The second-order valence-electron chi connectivity index (χ2n) is 4.53. The van der Waals surface area contributed by atoms with Crippen molar-refractivity contribution in [3.05, 3.63) is 29.8 Å². The zero-order valence-corrected chi connectivity index (χ0v) is 13.3. The predicted octanol–water partition coefficient (Wildman–Crippen LogP) is 0.388. The zero-order chi connectivity index (χ0) is 17.8. The number of rotatable bonds is 9. The fourth-order valence-electron chi connectivity index (χ4n) is 1.69. The lowest BCUT2D eigenvalue weighted by molar-refractivity contribution is -0.147. The van der Waals surface area contributed by atoms with E-state index in [9.17, 15) is 14.4 Å². The molecule has 0 aliphatic heterocycles. The van der Waals surface area contributed by atoms with E-state index in [1.165, 1.54) is 0 Å². The normalized spacial score (nSPS) is 9.50. The molecule has 0 atom stereocenters. The van der Waals surface area contributed by atoms with Crippen LogP contribution in [0.25, 0.3) is 0 Å². The Hall–Kier alpha value is -3.08. The summed E-state index contributed by atoms with van der Waals surface area (Å²) in [5.74, 6) is -1.31. The smallest absolute Gasteiger partial charge is 0.325 e. The second kappa shape index (κ2) is 10.6. The van der Waals surface area contributed by atoms with Gasteiger partial charge < -0.3 is 20.1 Å². The first-order valence-corrected chi connectivity index (χ1v) is 7.37. The van der Waals surface area contributed by atoms with Crippen LogP contribution in [0.2, 0.25) is 0 Å². The van der Waals surface area contributed by atoms with Crippen molar-refractivity contribution in [1.29, 1.82) is 5.26 Å². The van der Waals surface area contributed by atoms with E-state index in [1.54, 1.807) is 31.2 Å². The molecule has 0 heterocycles. The molecule has 8 heteroatoms. The quantitative estimate of drug-likeness (QED) is 0.498. The second-order valence-corrected chi connectivity index (χ2v) is 4.53. The fourth-order valence-corrected chi connectivity index (χ4v) is 1.69. The van der Waals surface area contributed by atoms with Gasteiger partial charge in [0.05, 0.1) is 24.7 Å². The Morgan fingerprint density at radius 3 is 2.67 bits per heavy atom. The average molecular weight is 333 g/mol. The minimum atomic E-state index is -0.743. The summed E-state index contributed by atoms with van der Waals surface area (Å²) in [7, 11) is 0. The molecule has 0 aromatic heterocycles. The van der Waals surface area contributed by atoms with E-state index in [0.29, 0.717) is 17.9 Å². The summed E-state index contributed by atoms with van der Waals surface area (Å²) in [6.45, 7) is 1.57. The Bertz CT molecular complexity index is 624. The van der Waals surface area contributed by atoms with Crippen molar-refractivity contribution in [3.8, 4) is 11.8 Å². The van der Waals surface area contributed by atoms with Gasteiger partial charge in [0.15, 0.2) is 6.61 Å². The van der Waals surface area contributed by atoms with Gasteiger partial charge in [-0.05, 0) is 19.1 Å². The molecule has 0 aliphatic rings. The molecule has 0 fully saturated rings. The van der Waals surface area contributed by atoms with Crippen LogP contribution in [-0.4, -0.2) is 44.1 Å². The summed E-state index contributed by atoms with van der Waals surface area (Å²) in [5.41, 5.74) is 0.307. The molecule has 24 heavy (non-hydrogen) atoms. The van der Waals surface area contributed by atoms with Crippen LogP contribution >= 0.6 is 0 Å². The summed E-state index contributed by atoms with van der Waals surface area (Å²) in [5, 5.41) is 13.1. The monoisotopic (exact) mass is 333 g/mol. The first-order chi connectivity index (χ1) is 11.6. The number of amides is 2. The Balaban J connectivity index is 2.38. The van der Waals surface area contributed by atoms with E-state index < -0.39 is 24.4 Å². The third kappa shape index (κ3) is 6.79. The number of nitrogens with one attached hydrogen (secondary N) is 2. The van der Waals surface area contributed by atoms with Crippen LogP contribution in [0, 0.1) is 11.3 Å². The van der Waals surface area contributed by atoms with Gasteiger partial charge >= 0.3 is 5.97 Å². The lowest BCUT2D eigenvalue weighted by Gasteiger charge is -2.10. The molecule has 1 aromatic carbocycles. The number of hydrogen-bond donors (Lipinski definition) is 2. The average Bonchev–Trinajstić information content (AvgIpc) is 2.59. The van der Waals surface area contributed by atoms with E-state index in [-0.39, 0.29) is 19.5 Å². The molecule has 8 nitrogen and oxygen atoms in total.